The summed E-state index contributed by atoms with van der Waals surface area (Å²) in [6.07, 6.45) is 0. The van der Waals surface area contributed by atoms with Crippen LogP contribution in [-0.4, -0.2) is 0 Å². The standard InChI is InChI=1S/C56H32O2/c1-2-12-39-35(11-1)30-48(44-17-7-3-13-40(39)44)38-26-36(33-21-23-46-43-16-5-4-14-41(43)42-15-6-8-18-45(42)49(46)28-33)25-37(27-38)34-22-24-54-50(29-34)52-32-55-51(31-56(52)58-54)47-19-9-10-20-53(47)57-55/h1-32H. The molecular weight excluding hydrogens is 705 g/mol. The topological polar surface area (TPSA) is 26.3 Å². The van der Waals surface area contributed by atoms with Gasteiger partial charge >= 0.3 is 0 Å². The summed E-state index contributed by atoms with van der Waals surface area (Å²) in [6, 6.07) is 70.7. The second kappa shape index (κ2) is 11.9. The molecule has 0 aliphatic heterocycles. The van der Waals surface area contributed by atoms with Gasteiger partial charge < -0.3 is 8.83 Å². The van der Waals surface area contributed by atoms with E-state index in [0.29, 0.717) is 0 Å². The molecule has 0 saturated carbocycles. The molecule has 2 nitrogen and oxygen atoms in total. The van der Waals surface area contributed by atoms with Crippen LogP contribution < -0.4 is 0 Å². The molecule has 58 heavy (non-hydrogen) atoms. The lowest BCUT2D eigenvalue weighted by molar-refractivity contribution is 0.664. The predicted molar refractivity (Wildman–Crippen MR) is 245 cm³/mol. The average Bonchev–Trinajstić information content (AvgIpc) is 3.84. The van der Waals surface area contributed by atoms with Crippen LogP contribution in [0.25, 0.3) is 131 Å². The smallest absolute Gasteiger partial charge is 0.136 e. The molecule has 0 unspecified atom stereocenters. The Labute approximate surface area is 332 Å². The third kappa shape index (κ3) is 4.60. The monoisotopic (exact) mass is 736 g/mol. The van der Waals surface area contributed by atoms with E-state index in [0.717, 1.165) is 55.0 Å². The van der Waals surface area contributed by atoms with Crippen LogP contribution in [0.3, 0.4) is 0 Å². The Kier molecular flexibility index (Phi) is 6.47. The largest absolute Gasteiger partial charge is 0.456 e. The molecule has 0 amide bonds. The van der Waals surface area contributed by atoms with Gasteiger partial charge in [0.05, 0.1) is 0 Å². The quantitative estimate of drug-likeness (QED) is 0.169. The van der Waals surface area contributed by atoms with Crippen LogP contribution in [0.15, 0.2) is 203 Å². The van der Waals surface area contributed by atoms with E-state index in [9.17, 15) is 0 Å². The molecule has 0 radical (unpaired) electrons. The SMILES string of the molecule is c1ccc2c(c1)cc(-c1cc(-c3ccc4oc5cc6c(cc5c4c3)oc3ccccc36)cc(-c3ccc4c5ccccc5c5ccccc5c4c3)c1)c1ccccc12. The summed E-state index contributed by atoms with van der Waals surface area (Å²) < 4.78 is 12.8. The first-order valence-electron chi connectivity index (χ1n) is 19.9. The summed E-state index contributed by atoms with van der Waals surface area (Å²) in [4.78, 5) is 0. The van der Waals surface area contributed by atoms with Gasteiger partial charge in [-0.1, -0.05) is 133 Å². The fourth-order valence-electron chi connectivity index (χ4n) is 9.67. The van der Waals surface area contributed by atoms with Crippen LogP contribution >= 0.6 is 0 Å². The highest BCUT2D eigenvalue weighted by Crippen LogP contribution is 2.43. The maximum absolute atomic E-state index is 6.51. The Morgan fingerprint density at radius 3 is 1.31 bits per heavy atom. The summed E-state index contributed by atoms with van der Waals surface area (Å²) in [5.41, 5.74) is 10.5. The Morgan fingerprint density at radius 2 is 0.638 bits per heavy atom. The van der Waals surface area contributed by atoms with Gasteiger partial charge in [0.1, 0.15) is 22.3 Å². The molecule has 2 heterocycles. The number of hydrogen-bond acceptors (Lipinski definition) is 2. The van der Waals surface area contributed by atoms with Crippen molar-refractivity contribution < 1.29 is 8.83 Å². The summed E-state index contributed by atoms with van der Waals surface area (Å²) in [7, 11) is 0. The minimum absolute atomic E-state index is 0.860. The maximum atomic E-state index is 6.51. The number of benzene rings is 11. The number of para-hydroxylation sites is 1. The highest BCUT2D eigenvalue weighted by atomic mass is 16.3. The van der Waals surface area contributed by atoms with Crippen molar-refractivity contribution in [1.82, 2.24) is 0 Å². The van der Waals surface area contributed by atoms with Gasteiger partial charge in [-0.05, 0) is 148 Å². The van der Waals surface area contributed by atoms with Crippen molar-refractivity contribution in [2.24, 2.45) is 0 Å². The highest BCUT2D eigenvalue weighted by Gasteiger charge is 2.17. The minimum atomic E-state index is 0.860. The summed E-state index contributed by atoms with van der Waals surface area (Å²) in [5.74, 6) is 0. The zero-order chi connectivity index (χ0) is 37.9. The Balaban J connectivity index is 1.07. The van der Waals surface area contributed by atoms with Crippen LogP contribution in [0.5, 0.6) is 0 Å². The molecular formula is C56H32O2. The molecule has 0 fully saturated rings. The Hall–Kier alpha value is -7.68. The molecule has 268 valence electrons. The van der Waals surface area contributed by atoms with E-state index in [1.165, 1.54) is 76.1 Å². The Morgan fingerprint density at radius 1 is 0.207 bits per heavy atom. The number of fused-ring (bicyclic) bond motifs is 15. The zero-order valence-electron chi connectivity index (χ0n) is 31.3. The van der Waals surface area contributed by atoms with Crippen molar-refractivity contribution in [3.63, 3.8) is 0 Å². The molecule has 13 rings (SSSR count). The van der Waals surface area contributed by atoms with Gasteiger partial charge in [0.2, 0.25) is 0 Å². The van der Waals surface area contributed by atoms with Crippen molar-refractivity contribution in [3.05, 3.63) is 194 Å². The van der Waals surface area contributed by atoms with Crippen LogP contribution in [0.1, 0.15) is 0 Å². The molecule has 0 aliphatic carbocycles. The second-order valence-corrected chi connectivity index (χ2v) is 15.6. The lowest BCUT2D eigenvalue weighted by Crippen LogP contribution is -1.89. The molecule has 0 saturated heterocycles. The van der Waals surface area contributed by atoms with Gasteiger partial charge in [-0.3, -0.25) is 0 Å². The van der Waals surface area contributed by atoms with Crippen LogP contribution in [0, 0.1) is 0 Å². The van der Waals surface area contributed by atoms with Crippen molar-refractivity contribution in [2.45, 2.75) is 0 Å². The highest BCUT2D eigenvalue weighted by molar-refractivity contribution is 6.26. The van der Waals surface area contributed by atoms with Gasteiger partial charge in [-0.25, -0.2) is 0 Å². The van der Waals surface area contributed by atoms with Crippen molar-refractivity contribution in [2.75, 3.05) is 0 Å². The molecule has 0 bridgehead atoms. The predicted octanol–water partition coefficient (Wildman–Crippen LogP) is 16.3. The third-order valence-electron chi connectivity index (χ3n) is 12.4. The first-order chi connectivity index (χ1) is 28.7. The first kappa shape index (κ1) is 31.5. The molecule has 0 spiro atoms. The summed E-state index contributed by atoms with van der Waals surface area (Å²) in [5, 5.41) is 16.9. The molecule has 0 aliphatic rings. The van der Waals surface area contributed by atoms with E-state index >= 15 is 0 Å². The lowest BCUT2D eigenvalue weighted by atomic mass is 9.88. The van der Waals surface area contributed by atoms with Gasteiger partial charge in [-0.15, -0.1) is 0 Å². The molecule has 11 aromatic carbocycles. The zero-order valence-corrected chi connectivity index (χ0v) is 31.3. The second-order valence-electron chi connectivity index (χ2n) is 15.6. The van der Waals surface area contributed by atoms with Crippen LogP contribution in [-0.2, 0) is 0 Å². The van der Waals surface area contributed by atoms with Gasteiger partial charge in [-0.2, -0.15) is 0 Å². The number of furan rings is 2. The lowest BCUT2D eigenvalue weighted by Gasteiger charge is -2.16. The van der Waals surface area contributed by atoms with E-state index in [2.05, 4.69) is 182 Å². The van der Waals surface area contributed by atoms with Crippen molar-refractivity contribution >= 4 is 97.7 Å². The Bertz CT molecular complexity index is 3820. The van der Waals surface area contributed by atoms with E-state index in [4.69, 9.17) is 8.83 Å². The normalized spacial score (nSPS) is 12.1. The van der Waals surface area contributed by atoms with Crippen molar-refractivity contribution in [1.29, 1.82) is 0 Å². The van der Waals surface area contributed by atoms with Gasteiger partial charge in [0, 0.05) is 21.5 Å². The van der Waals surface area contributed by atoms with Crippen molar-refractivity contribution in [3.8, 4) is 33.4 Å². The third-order valence-corrected chi connectivity index (χ3v) is 12.4. The first-order valence-corrected chi connectivity index (χ1v) is 19.9. The van der Waals surface area contributed by atoms with Gasteiger partial charge in [0.15, 0.2) is 0 Å². The maximum Gasteiger partial charge on any atom is 0.136 e. The van der Waals surface area contributed by atoms with Gasteiger partial charge in [0.25, 0.3) is 0 Å². The fraction of sp³-hybridized carbons (Fsp3) is 0. The number of rotatable bonds is 3. The van der Waals surface area contributed by atoms with E-state index in [-0.39, 0.29) is 0 Å². The fourth-order valence-corrected chi connectivity index (χ4v) is 9.67. The molecule has 0 N–H and O–H groups in total. The molecule has 2 aromatic heterocycles. The molecule has 2 heteroatoms. The van der Waals surface area contributed by atoms with E-state index in [1.807, 2.05) is 12.1 Å². The summed E-state index contributed by atoms with van der Waals surface area (Å²) >= 11 is 0. The minimum Gasteiger partial charge on any atom is -0.456 e. The van der Waals surface area contributed by atoms with Crippen LogP contribution in [0.4, 0.5) is 0 Å². The van der Waals surface area contributed by atoms with E-state index in [1.54, 1.807) is 0 Å². The van der Waals surface area contributed by atoms with E-state index < -0.39 is 0 Å². The average molecular weight is 737 g/mol. The van der Waals surface area contributed by atoms with Crippen LogP contribution in [0.2, 0.25) is 0 Å². The molecule has 0 atom stereocenters. The molecule has 13 aromatic rings. The summed E-state index contributed by atoms with van der Waals surface area (Å²) in [6.45, 7) is 0. The number of hydrogen-bond donors (Lipinski definition) is 0.